The minimum Gasteiger partial charge on any atom is -0.465 e. The van der Waals surface area contributed by atoms with E-state index in [0.29, 0.717) is 21.8 Å². The molecule has 2 aromatic heterocycles. The first-order valence-corrected chi connectivity index (χ1v) is 7.18. The standard InChI is InChI=1S/C12H15N5O2S/c1-6(13)10-15-9(7-3-4-7)16-17(10)12-14-5-8(20-12)11(18)19-2/h5-7H,3-4,13H2,1-2H3. The topological polar surface area (TPSA) is 95.9 Å². The molecule has 1 saturated carbocycles. The largest absolute Gasteiger partial charge is 0.465 e. The van der Waals surface area contributed by atoms with Gasteiger partial charge in [-0.25, -0.2) is 14.8 Å². The van der Waals surface area contributed by atoms with Crippen molar-refractivity contribution in [2.75, 3.05) is 7.11 Å². The molecule has 0 spiro atoms. The normalized spacial score (nSPS) is 16.1. The van der Waals surface area contributed by atoms with Gasteiger partial charge in [0.25, 0.3) is 0 Å². The van der Waals surface area contributed by atoms with E-state index in [2.05, 4.69) is 19.8 Å². The molecular formula is C12H15N5O2S. The van der Waals surface area contributed by atoms with Crippen LogP contribution in [0.5, 0.6) is 0 Å². The number of carbonyl (C=O) groups excluding carboxylic acids is 1. The highest BCUT2D eigenvalue weighted by Crippen LogP contribution is 2.38. The molecule has 3 rings (SSSR count). The van der Waals surface area contributed by atoms with Crippen LogP contribution in [0.2, 0.25) is 0 Å². The van der Waals surface area contributed by atoms with Crippen LogP contribution >= 0.6 is 11.3 Å². The third-order valence-electron chi connectivity index (χ3n) is 3.06. The van der Waals surface area contributed by atoms with Crippen LogP contribution in [-0.4, -0.2) is 32.8 Å². The fraction of sp³-hybridized carbons (Fsp3) is 0.500. The number of hydrogen-bond acceptors (Lipinski definition) is 7. The molecule has 7 nitrogen and oxygen atoms in total. The quantitative estimate of drug-likeness (QED) is 0.856. The average Bonchev–Trinajstić information content (AvgIpc) is 3.01. The van der Waals surface area contributed by atoms with Crippen molar-refractivity contribution in [1.29, 1.82) is 0 Å². The zero-order chi connectivity index (χ0) is 14.3. The lowest BCUT2D eigenvalue weighted by Crippen LogP contribution is -2.13. The van der Waals surface area contributed by atoms with Crippen LogP contribution in [0.1, 0.15) is 53.0 Å². The highest BCUT2D eigenvalue weighted by molar-refractivity contribution is 7.15. The van der Waals surface area contributed by atoms with Gasteiger partial charge >= 0.3 is 5.97 Å². The van der Waals surface area contributed by atoms with Crippen molar-refractivity contribution >= 4 is 17.3 Å². The summed E-state index contributed by atoms with van der Waals surface area (Å²) in [6.07, 6.45) is 3.72. The number of thiazole rings is 1. The Kier molecular flexibility index (Phi) is 3.27. The molecule has 0 bridgehead atoms. The Labute approximate surface area is 119 Å². The van der Waals surface area contributed by atoms with Crippen LogP contribution in [0.3, 0.4) is 0 Å². The number of hydrogen-bond donors (Lipinski definition) is 1. The van der Waals surface area contributed by atoms with E-state index in [1.807, 2.05) is 6.92 Å². The minimum absolute atomic E-state index is 0.250. The van der Waals surface area contributed by atoms with Crippen molar-refractivity contribution < 1.29 is 9.53 Å². The Bertz CT molecular complexity index is 644. The second-order valence-electron chi connectivity index (χ2n) is 4.80. The van der Waals surface area contributed by atoms with Gasteiger partial charge < -0.3 is 10.5 Å². The maximum absolute atomic E-state index is 11.5. The molecule has 2 aromatic rings. The van der Waals surface area contributed by atoms with Gasteiger partial charge in [0.2, 0.25) is 5.13 Å². The number of carbonyl (C=O) groups is 1. The predicted octanol–water partition coefficient (Wildman–Crippen LogP) is 1.41. The van der Waals surface area contributed by atoms with E-state index in [9.17, 15) is 4.79 Å². The summed E-state index contributed by atoms with van der Waals surface area (Å²) in [5.74, 6) is 1.51. The molecule has 1 aliphatic rings. The summed E-state index contributed by atoms with van der Waals surface area (Å²) in [5.41, 5.74) is 5.94. The molecule has 1 aliphatic carbocycles. The lowest BCUT2D eigenvalue weighted by Gasteiger charge is -2.04. The summed E-state index contributed by atoms with van der Waals surface area (Å²) < 4.78 is 6.31. The highest BCUT2D eigenvalue weighted by Gasteiger charge is 2.30. The van der Waals surface area contributed by atoms with Gasteiger partial charge in [0.05, 0.1) is 19.3 Å². The fourth-order valence-electron chi connectivity index (χ4n) is 1.85. The van der Waals surface area contributed by atoms with E-state index >= 15 is 0 Å². The van der Waals surface area contributed by atoms with Crippen LogP contribution in [-0.2, 0) is 4.74 Å². The summed E-state index contributed by atoms with van der Waals surface area (Å²) in [5, 5.41) is 5.06. The summed E-state index contributed by atoms with van der Waals surface area (Å²) in [6.45, 7) is 1.85. The first-order chi connectivity index (χ1) is 9.60. The summed E-state index contributed by atoms with van der Waals surface area (Å²) in [7, 11) is 1.34. The molecule has 106 valence electrons. The molecule has 0 aromatic carbocycles. The van der Waals surface area contributed by atoms with Crippen molar-refractivity contribution in [2.24, 2.45) is 5.73 Å². The lowest BCUT2D eigenvalue weighted by molar-refractivity contribution is 0.0606. The molecule has 0 aliphatic heterocycles. The number of ether oxygens (including phenoxy) is 1. The van der Waals surface area contributed by atoms with E-state index in [4.69, 9.17) is 5.73 Å². The molecule has 1 fully saturated rings. The fourth-order valence-corrected chi connectivity index (χ4v) is 2.64. The SMILES string of the molecule is COC(=O)c1cnc(-n2nc(C3CC3)nc2C(C)N)s1. The van der Waals surface area contributed by atoms with E-state index in [0.717, 1.165) is 18.7 Å². The molecule has 8 heteroatoms. The Morgan fingerprint density at radius 2 is 2.35 bits per heavy atom. The number of methoxy groups -OCH3 is 1. The molecular weight excluding hydrogens is 278 g/mol. The van der Waals surface area contributed by atoms with Crippen molar-refractivity contribution in [3.05, 3.63) is 22.7 Å². The second kappa shape index (κ2) is 4.95. The minimum atomic E-state index is -0.404. The van der Waals surface area contributed by atoms with Gasteiger partial charge in [-0.3, -0.25) is 0 Å². The van der Waals surface area contributed by atoms with Crippen molar-refractivity contribution in [1.82, 2.24) is 19.7 Å². The Balaban J connectivity index is 1.99. The smallest absolute Gasteiger partial charge is 0.349 e. The van der Waals surface area contributed by atoms with E-state index < -0.39 is 5.97 Å². The van der Waals surface area contributed by atoms with E-state index in [-0.39, 0.29) is 6.04 Å². The van der Waals surface area contributed by atoms with Gasteiger partial charge in [-0.2, -0.15) is 4.68 Å². The third kappa shape index (κ3) is 2.32. The number of aromatic nitrogens is 4. The van der Waals surface area contributed by atoms with E-state index in [1.54, 1.807) is 4.68 Å². The third-order valence-corrected chi connectivity index (χ3v) is 4.01. The number of nitrogens with two attached hydrogens (primary N) is 1. The van der Waals surface area contributed by atoms with Crippen molar-refractivity contribution in [3.63, 3.8) is 0 Å². The molecule has 0 saturated heterocycles. The Hall–Kier alpha value is -1.80. The van der Waals surface area contributed by atoms with Gasteiger partial charge in [0.15, 0.2) is 11.6 Å². The Morgan fingerprint density at radius 3 is 2.95 bits per heavy atom. The number of esters is 1. The average molecular weight is 293 g/mol. The lowest BCUT2D eigenvalue weighted by atomic mass is 10.3. The maximum Gasteiger partial charge on any atom is 0.349 e. The molecule has 2 N–H and O–H groups in total. The zero-order valence-corrected chi connectivity index (χ0v) is 12.1. The van der Waals surface area contributed by atoms with Crippen LogP contribution in [0, 0.1) is 0 Å². The van der Waals surface area contributed by atoms with Crippen molar-refractivity contribution in [2.45, 2.75) is 31.7 Å². The first-order valence-electron chi connectivity index (χ1n) is 6.37. The van der Waals surface area contributed by atoms with Gasteiger partial charge in [-0.15, -0.1) is 5.10 Å². The van der Waals surface area contributed by atoms with Crippen molar-refractivity contribution in [3.8, 4) is 5.13 Å². The number of nitrogens with zero attached hydrogens (tertiary/aromatic N) is 4. The van der Waals surface area contributed by atoms with Gasteiger partial charge in [-0.1, -0.05) is 11.3 Å². The summed E-state index contributed by atoms with van der Waals surface area (Å²) in [6, 6.07) is -0.250. The van der Waals surface area contributed by atoms with Crippen LogP contribution in [0.4, 0.5) is 0 Å². The summed E-state index contributed by atoms with van der Waals surface area (Å²) in [4.78, 5) is 20.6. The highest BCUT2D eigenvalue weighted by atomic mass is 32.1. The zero-order valence-electron chi connectivity index (χ0n) is 11.2. The Morgan fingerprint density at radius 1 is 1.60 bits per heavy atom. The molecule has 1 unspecified atom stereocenters. The van der Waals surface area contributed by atoms with Gasteiger partial charge in [0.1, 0.15) is 4.88 Å². The van der Waals surface area contributed by atoms with Crippen LogP contribution in [0.15, 0.2) is 6.20 Å². The molecule has 1 atom stereocenters. The number of rotatable bonds is 4. The van der Waals surface area contributed by atoms with Crippen LogP contribution in [0.25, 0.3) is 5.13 Å². The molecule has 0 amide bonds. The molecule has 20 heavy (non-hydrogen) atoms. The monoisotopic (exact) mass is 293 g/mol. The van der Waals surface area contributed by atoms with Gasteiger partial charge in [-0.05, 0) is 19.8 Å². The van der Waals surface area contributed by atoms with E-state index in [1.165, 1.54) is 24.6 Å². The molecule has 2 heterocycles. The van der Waals surface area contributed by atoms with Gasteiger partial charge in [0, 0.05) is 5.92 Å². The first kappa shape index (κ1) is 13.2. The second-order valence-corrected chi connectivity index (χ2v) is 5.81. The van der Waals surface area contributed by atoms with Crippen LogP contribution < -0.4 is 5.73 Å². The molecule has 0 radical (unpaired) electrons. The summed E-state index contributed by atoms with van der Waals surface area (Å²) >= 11 is 1.21. The predicted molar refractivity (Wildman–Crippen MR) is 72.9 cm³/mol. The maximum atomic E-state index is 11.5.